The van der Waals surface area contributed by atoms with E-state index in [0.29, 0.717) is 6.04 Å². The Morgan fingerprint density at radius 3 is 2.68 bits per heavy atom. The molecule has 1 saturated heterocycles. The third-order valence-corrected chi connectivity index (χ3v) is 7.34. The molecule has 1 heterocycles. The predicted octanol–water partition coefficient (Wildman–Crippen LogP) is 4.51. The summed E-state index contributed by atoms with van der Waals surface area (Å²) in [5.41, 5.74) is 1.38. The van der Waals surface area contributed by atoms with Gasteiger partial charge in [0.2, 0.25) is 0 Å². The molecule has 1 saturated carbocycles. The Bertz CT molecular complexity index is 590. The van der Waals surface area contributed by atoms with E-state index in [0.717, 1.165) is 37.2 Å². The Morgan fingerprint density at radius 2 is 1.93 bits per heavy atom. The molecule has 3 rings (SSSR count). The lowest BCUT2D eigenvalue weighted by atomic mass is 9.84. The molecule has 0 spiro atoms. The van der Waals surface area contributed by atoms with E-state index in [1.807, 2.05) is 6.07 Å². The van der Waals surface area contributed by atoms with Crippen molar-refractivity contribution in [1.29, 1.82) is 0 Å². The molecule has 1 aromatic rings. The van der Waals surface area contributed by atoms with Gasteiger partial charge in [-0.2, -0.15) is 0 Å². The number of nitrogens with one attached hydrogen (secondary N) is 1. The minimum absolute atomic E-state index is 0.712. The number of hydrogen-bond donors (Lipinski definition) is 1. The maximum Gasteiger partial charge on any atom is 0.119 e. The van der Waals surface area contributed by atoms with Gasteiger partial charge >= 0.3 is 0 Å². The number of ether oxygens (including phenoxy) is 2. The van der Waals surface area contributed by atoms with Crippen molar-refractivity contribution < 1.29 is 9.47 Å². The first-order valence-electron chi connectivity index (χ1n) is 10.9. The molecule has 1 atom stereocenters. The van der Waals surface area contributed by atoms with Crippen molar-refractivity contribution in [3.63, 3.8) is 0 Å². The smallest absolute Gasteiger partial charge is 0.119 e. The van der Waals surface area contributed by atoms with Gasteiger partial charge in [-0.15, -0.1) is 0 Å². The fourth-order valence-electron chi connectivity index (χ4n) is 4.81. The Labute approximate surface area is 179 Å². The van der Waals surface area contributed by atoms with Crippen LogP contribution < -0.4 is 10.1 Å². The summed E-state index contributed by atoms with van der Waals surface area (Å²) >= 11 is 3.71. The third-order valence-electron chi connectivity index (χ3n) is 6.57. The van der Waals surface area contributed by atoms with Gasteiger partial charge in [0, 0.05) is 30.7 Å². The van der Waals surface area contributed by atoms with Crippen LogP contribution in [0.3, 0.4) is 0 Å². The molecule has 158 valence electrons. The zero-order chi connectivity index (χ0) is 19.8. The van der Waals surface area contributed by atoms with Gasteiger partial charge in [-0.3, -0.25) is 0 Å². The number of nitrogens with zero attached hydrogens (tertiary/aromatic N) is 1. The van der Waals surface area contributed by atoms with E-state index in [9.17, 15) is 0 Å². The van der Waals surface area contributed by atoms with Crippen molar-refractivity contribution >= 4 is 15.9 Å². The average Bonchev–Trinajstić information content (AvgIpc) is 3.16. The van der Waals surface area contributed by atoms with Gasteiger partial charge in [0.1, 0.15) is 5.75 Å². The Balaban J connectivity index is 1.34. The van der Waals surface area contributed by atoms with Gasteiger partial charge in [0.15, 0.2) is 0 Å². The molecular formula is C23H37BrN2O2. The standard InChI is InChI=1S/C23H37BrN2O2/c1-27-14-11-25-21-5-3-18(4-6-21)9-12-26-13-10-19(17-26)15-20-16-22(28-2)7-8-23(20)24/h7-8,16,18-19,21,25H,3-6,9-15,17H2,1-2H3/t18-,19?,21-. The van der Waals surface area contributed by atoms with Crippen LogP contribution in [-0.4, -0.2) is 57.9 Å². The zero-order valence-corrected chi connectivity index (χ0v) is 19.2. The number of hydrogen-bond acceptors (Lipinski definition) is 4. The molecule has 1 aliphatic carbocycles. The maximum atomic E-state index is 5.39. The fraction of sp³-hybridized carbons (Fsp3) is 0.739. The van der Waals surface area contributed by atoms with Gasteiger partial charge in [-0.05, 0) is 93.6 Å². The summed E-state index contributed by atoms with van der Waals surface area (Å²) in [4.78, 5) is 2.70. The minimum atomic E-state index is 0.712. The van der Waals surface area contributed by atoms with Crippen molar-refractivity contribution in [1.82, 2.24) is 10.2 Å². The lowest BCUT2D eigenvalue weighted by Crippen LogP contribution is -2.35. The van der Waals surface area contributed by atoms with Crippen LogP contribution in [0.4, 0.5) is 0 Å². The molecule has 2 fully saturated rings. The van der Waals surface area contributed by atoms with Crippen LogP contribution in [0.5, 0.6) is 5.75 Å². The lowest BCUT2D eigenvalue weighted by molar-refractivity contribution is 0.185. The number of halogens is 1. The second-order valence-electron chi connectivity index (χ2n) is 8.57. The molecule has 1 N–H and O–H groups in total. The molecule has 1 aliphatic heterocycles. The number of likely N-dealkylation sites (tertiary alicyclic amines) is 1. The van der Waals surface area contributed by atoms with Gasteiger partial charge in [0.25, 0.3) is 0 Å². The second kappa shape index (κ2) is 11.5. The van der Waals surface area contributed by atoms with Crippen LogP contribution in [0, 0.1) is 11.8 Å². The number of rotatable bonds is 10. The van der Waals surface area contributed by atoms with Crippen LogP contribution in [0.2, 0.25) is 0 Å². The number of benzene rings is 1. The van der Waals surface area contributed by atoms with E-state index < -0.39 is 0 Å². The second-order valence-corrected chi connectivity index (χ2v) is 9.42. The Kier molecular flexibility index (Phi) is 9.09. The Morgan fingerprint density at radius 1 is 1.11 bits per heavy atom. The zero-order valence-electron chi connectivity index (χ0n) is 17.6. The van der Waals surface area contributed by atoms with Gasteiger partial charge < -0.3 is 19.7 Å². The van der Waals surface area contributed by atoms with Crippen molar-refractivity contribution in [2.45, 2.75) is 51.0 Å². The largest absolute Gasteiger partial charge is 0.497 e. The van der Waals surface area contributed by atoms with Gasteiger partial charge in [-0.25, -0.2) is 0 Å². The molecule has 0 amide bonds. The molecule has 1 aromatic carbocycles. The normalized spacial score (nSPS) is 25.9. The van der Waals surface area contributed by atoms with Crippen molar-refractivity contribution in [2.75, 3.05) is 47.0 Å². The minimum Gasteiger partial charge on any atom is -0.497 e. The maximum absolute atomic E-state index is 5.39. The highest BCUT2D eigenvalue weighted by atomic mass is 79.9. The van der Waals surface area contributed by atoms with Crippen LogP contribution in [0.1, 0.15) is 44.1 Å². The van der Waals surface area contributed by atoms with Crippen LogP contribution >= 0.6 is 15.9 Å². The van der Waals surface area contributed by atoms with Crippen LogP contribution in [0.15, 0.2) is 22.7 Å². The monoisotopic (exact) mass is 452 g/mol. The van der Waals surface area contributed by atoms with E-state index in [2.05, 4.69) is 38.3 Å². The fourth-order valence-corrected chi connectivity index (χ4v) is 5.22. The van der Waals surface area contributed by atoms with Crippen molar-refractivity contribution in [3.05, 3.63) is 28.2 Å². The van der Waals surface area contributed by atoms with Crippen molar-refractivity contribution in [3.8, 4) is 5.75 Å². The summed E-state index contributed by atoms with van der Waals surface area (Å²) in [6, 6.07) is 7.03. The van der Waals surface area contributed by atoms with E-state index >= 15 is 0 Å². The number of methoxy groups -OCH3 is 2. The predicted molar refractivity (Wildman–Crippen MR) is 119 cm³/mol. The van der Waals surface area contributed by atoms with Gasteiger partial charge in [0.05, 0.1) is 13.7 Å². The van der Waals surface area contributed by atoms with E-state index in [1.54, 1.807) is 14.2 Å². The van der Waals surface area contributed by atoms with E-state index in [-0.39, 0.29) is 0 Å². The van der Waals surface area contributed by atoms with Crippen LogP contribution in [0.25, 0.3) is 0 Å². The SMILES string of the molecule is COCCN[C@H]1CC[C@H](CCN2CCC(Cc3cc(OC)ccc3Br)C2)CC1. The topological polar surface area (TPSA) is 33.7 Å². The van der Waals surface area contributed by atoms with E-state index in [1.165, 1.54) is 68.2 Å². The summed E-state index contributed by atoms with van der Waals surface area (Å²) in [5.74, 6) is 2.65. The molecule has 0 aromatic heterocycles. The highest BCUT2D eigenvalue weighted by Crippen LogP contribution is 2.30. The molecular weight excluding hydrogens is 416 g/mol. The first-order chi connectivity index (χ1) is 13.7. The summed E-state index contributed by atoms with van der Waals surface area (Å²) in [6.45, 7) is 5.60. The first kappa shape index (κ1) is 22.1. The molecule has 4 nitrogen and oxygen atoms in total. The molecule has 28 heavy (non-hydrogen) atoms. The molecule has 2 aliphatic rings. The molecule has 0 radical (unpaired) electrons. The highest BCUT2D eigenvalue weighted by molar-refractivity contribution is 9.10. The van der Waals surface area contributed by atoms with Gasteiger partial charge in [-0.1, -0.05) is 15.9 Å². The highest BCUT2D eigenvalue weighted by Gasteiger charge is 2.25. The molecule has 1 unspecified atom stereocenters. The molecule has 0 bridgehead atoms. The molecule has 5 heteroatoms. The summed E-state index contributed by atoms with van der Waals surface area (Å²) in [5, 5.41) is 3.63. The average molecular weight is 453 g/mol. The summed E-state index contributed by atoms with van der Waals surface area (Å²) in [7, 11) is 3.52. The lowest BCUT2D eigenvalue weighted by Gasteiger charge is -2.30. The van der Waals surface area contributed by atoms with Crippen LogP contribution in [-0.2, 0) is 11.2 Å². The first-order valence-corrected chi connectivity index (χ1v) is 11.7. The third kappa shape index (κ3) is 6.72. The summed E-state index contributed by atoms with van der Waals surface area (Å²) < 4.78 is 11.7. The van der Waals surface area contributed by atoms with Crippen molar-refractivity contribution in [2.24, 2.45) is 11.8 Å². The van der Waals surface area contributed by atoms with E-state index in [4.69, 9.17) is 9.47 Å². The Hall–Kier alpha value is -0.620. The quantitative estimate of drug-likeness (QED) is 0.529. The summed E-state index contributed by atoms with van der Waals surface area (Å²) in [6.07, 6.45) is 9.28.